The van der Waals surface area contributed by atoms with Crippen molar-refractivity contribution in [1.82, 2.24) is 19.7 Å². The number of fused-ring (bicyclic) bond motifs is 1. The molecule has 1 aromatic carbocycles. The standard InChI is InChI=1S/C17H20N6O/c1-22-16-14(12-19-22)15(18-11-13-5-3-2-4-6-13)20-17(21-16)23-7-9-24-10-8-23/h2-6,12H,7-11H2,1H3,(H,18,20,21). The fraction of sp³-hybridized carbons (Fsp3) is 0.353. The van der Waals surface area contributed by atoms with Crippen LogP contribution < -0.4 is 10.2 Å². The molecule has 124 valence electrons. The zero-order valence-electron chi connectivity index (χ0n) is 13.6. The number of aromatic nitrogens is 4. The van der Waals surface area contributed by atoms with Gasteiger partial charge in [0.25, 0.3) is 0 Å². The van der Waals surface area contributed by atoms with E-state index in [0.717, 1.165) is 35.9 Å². The molecule has 7 heteroatoms. The number of ether oxygens (including phenoxy) is 1. The third kappa shape index (κ3) is 2.90. The average Bonchev–Trinajstić information content (AvgIpc) is 3.02. The molecule has 1 aliphatic rings. The molecule has 0 spiro atoms. The van der Waals surface area contributed by atoms with Crippen LogP contribution in [0.4, 0.5) is 11.8 Å². The molecule has 3 aromatic rings. The van der Waals surface area contributed by atoms with E-state index in [9.17, 15) is 0 Å². The van der Waals surface area contributed by atoms with Crippen molar-refractivity contribution >= 4 is 22.8 Å². The fourth-order valence-corrected chi connectivity index (χ4v) is 2.83. The van der Waals surface area contributed by atoms with Crippen molar-refractivity contribution in [3.8, 4) is 0 Å². The van der Waals surface area contributed by atoms with Crippen LogP contribution in [0.3, 0.4) is 0 Å². The Labute approximate surface area is 140 Å². The van der Waals surface area contributed by atoms with Gasteiger partial charge in [0.1, 0.15) is 5.82 Å². The second-order valence-corrected chi connectivity index (χ2v) is 5.82. The van der Waals surface area contributed by atoms with Crippen LogP contribution in [-0.4, -0.2) is 46.1 Å². The predicted molar refractivity (Wildman–Crippen MR) is 93.1 cm³/mol. The Morgan fingerprint density at radius 1 is 1.12 bits per heavy atom. The van der Waals surface area contributed by atoms with Crippen LogP contribution in [0.1, 0.15) is 5.56 Å². The first-order chi connectivity index (χ1) is 11.8. The molecule has 1 saturated heterocycles. The molecule has 0 unspecified atom stereocenters. The highest BCUT2D eigenvalue weighted by atomic mass is 16.5. The van der Waals surface area contributed by atoms with E-state index in [1.807, 2.05) is 31.4 Å². The van der Waals surface area contributed by atoms with E-state index >= 15 is 0 Å². The minimum Gasteiger partial charge on any atom is -0.378 e. The molecule has 24 heavy (non-hydrogen) atoms. The smallest absolute Gasteiger partial charge is 0.229 e. The molecule has 1 aliphatic heterocycles. The van der Waals surface area contributed by atoms with Crippen LogP contribution in [0.5, 0.6) is 0 Å². The first-order valence-electron chi connectivity index (χ1n) is 8.11. The van der Waals surface area contributed by atoms with Gasteiger partial charge >= 0.3 is 0 Å². The maximum absolute atomic E-state index is 5.42. The Bertz CT molecular complexity index is 826. The second kappa shape index (κ2) is 6.45. The Hall–Kier alpha value is -2.67. The average molecular weight is 324 g/mol. The minimum atomic E-state index is 0.708. The highest BCUT2D eigenvalue weighted by molar-refractivity contribution is 5.87. The number of benzene rings is 1. The Morgan fingerprint density at radius 2 is 1.92 bits per heavy atom. The predicted octanol–water partition coefficient (Wildman–Crippen LogP) is 1.81. The van der Waals surface area contributed by atoms with Crippen LogP contribution in [-0.2, 0) is 18.3 Å². The topological polar surface area (TPSA) is 68.1 Å². The van der Waals surface area contributed by atoms with E-state index in [0.29, 0.717) is 19.8 Å². The molecular weight excluding hydrogens is 304 g/mol. The van der Waals surface area contributed by atoms with Gasteiger partial charge in [0.05, 0.1) is 24.8 Å². The normalized spacial score (nSPS) is 15.0. The van der Waals surface area contributed by atoms with Gasteiger partial charge in [-0.1, -0.05) is 30.3 Å². The van der Waals surface area contributed by atoms with Crippen molar-refractivity contribution in [2.24, 2.45) is 7.05 Å². The summed E-state index contributed by atoms with van der Waals surface area (Å²) in [5, 5.41) is 8.70. The lowest BCUT2D eigenvalue weighted by Gasteiger charge is -2.27. The molecule has 2 aromatic heterocycles. The highest BCUT2D eigenvalue weighted by Gasteiger charge is 2.18. The van der Waals surface area contributed by atoms with Crippen LogP contribution in [0.15, 0.2) is 36.5 Å². The van der Waals surface area contributed by atoms with Gasteiger partial charge in [0, 0.05) is 26.7 Å². The summed E-state index contributed by atoms with van der Waals surface area (Å²) in [7, 11) is 1.90. The summed E-state index contributed by atoms with van der Waals surface area (Å²) in [4.78, 5) is 11.6. The molecule has 0 atom stereocenters. The number of rotatable bonds is 4. The van der Waals surface area contributed by atoms with Crippen LogP contribution in [0, 0.1) is 0 Å². The summed E-state index contributed by atoms with van der Waals surface area (Å²) in [5.41, 5.74) is 2.04. The summed E-state index contributed by atoms with van der Waals surface area (Å²) in [6.45, 7) is 3.74. The number of aryl methyl sites for hydroxylation is 1. The number of nitrogens with zero attached hydrogens (tertiary/aromatic N) is 5. The van der Waals surface area contributed by atoms with Gasteiger partial charge in [-0.3, -0.25) is 4.68 Å². The van der Waals surface area contributed by atoms with Gasteiger partial charge in [-0.05, 0) is 5.56 Å². The zero-order chi connectivity index (χ0) is 16.4. The van der Waals surface area contributed by atoms with Gasteiger partial charge in [-0.15, -0.1) is 0 Å². The largest absolute Gasteiger partial charge is 0.378 e. The molecule has 0 bridgehead atoms. The Balaban J connectivity index is 1.67. The molecule has 1 fully saturated rings. The van der Waals surface area contributed by atoms with Gasteiger partial charge in [-0.25, -0.2) is 0 Å². The lowest BCUT2D eigenvalue weighted by atomic mass is 10.2. The molecule has 1 N–H and O–H groups in total. The van der Waals surface area contributed by atoms with Crippen molar-refractivity contribution in [1.29, 1.82) is 0 Å². The van der Waals surface area contributed by atoms with Crippen LogP contribution in [0.2, 0.25) is 0 Å². The SMILES string of the molecule is Cn1ncc2c(NCc3ccccc3)nc(N3CCOCC3)nc21. The van der Waals surface area contributed by atoms with Gasteiger partial charge in [0.2, 0.25) is 5.95 Å². The van der Waals surface area contributed by atoms with E-state index in [-0.39, 0.29) is 0 Å². The monoisotopic (exact) mass is 324 g/mol. The second-order valence-electron chi connectivity index (χ2n) is 5.82. The van der Waals surface area contributed by atoms with E-state index < -0.39 is 0 Å². The molecule has 4 rings (SSSR count). The number of nitrogens with one attached hydrogen (secondary N) is 1. The molecule has 0 saturated carbocycles. The van der Waals surface area contributed by atoms with Crippen molar-refractivity contribution in [2.75, 3.05) is 36.5 Å². The van der Waals surface area contributed by atoms with Crippen molar-refractivity contribution in [2.45, 2.75) is 6.54 Å². The number of hydrogen-bond acceptors (Lipinski definition) is 6. The van der Waals surface area contributed by atoms with Gasteiger partial charge in [0.15, 0.2) is 5.65 Å². The quantitative estimate of drug-likeness (QED) is 0.789. The number of morpholine rings is 1. The first kappa shape index (κ1) is 14.9. The Kier molecular flexibility index (Phi) is 4.00. The summed E-state index contributed by atoms with van der Waals surface area (Å²) in [5.74, 6) is 1.54. The number of anilines is 2. The van der Waals surface area contributed by atoms with Crippen LogP contribution >= 0.6 is 0 Å². The molecule has 3 heterocycles. The van der Waals surface area contributed by atoms with Gasteiger partial charge < -0.3 is 15.0 Å². The Morgan fingerprint density at radius 3 is 2.71 bits per heavy atom. The van der Waals surface area contributed by atoms with E-state index in [2.05, 4.69) is 27.4 Å². The summed E-state index contributed by atoms with van der Waals surface area (Å²) in [6.07, 6.45) is 1.81. The molecule has 7 nitrogen and oxygen atoms in total. The fourth-order valence-electron chi connectivity index (χ4n) is 2.83. The van der Waals surface area contributed by atoms with Crippen LogP contribution in [0.25, 0.3) is 11.0 Å². The van der Waals surface area contributed by atoms with E-state index in [1.54, 1.807) is 4.68 Å². The maximum Gasteiger partial charge on any atom is 0.229 e. The lowest BCUT2D eigenvalue weighted by Crippen LogP contribution is -2.37. The summed E-state index contributed by atoms with van der Waals surface area (Å²) in [6, 6.07) is 10.3. The maximum atomic E-state index is 5.42. The minimum absolute atomic E-state index is 0.708. The molecule has 0 radical (unpaired) electrons. The molecular formula is C17H20N6O. The van der Waals surface area contributed by atoms with Crippen molar-refractivity contribution in [3.63, 3.8) is 0 Å². The van der Waals surface area contributed by atoms with E-state index in [4.69, 9.17) is 14.7 Å². The van der Waals surface area contributed by atoms with Crippen molar-refractivity contribution < 1.29 is 4.74 Å². The summed E-state index contributed by atoms with van der Waals surface area (Å²) >= 11 is 0. The zero-order valence-corrected chi connectivity index (χ0v) is 13.6. The lowest BCUT2D eigenvalue weighted by molar-refractivity contribution is 0.122. The summed E-state index contributed by atoms with van der Waals surface area (Å²) < 4.78 is 7.21. The number of hydrogen-bond donors (Lipinski definition) is 1. The highest BCUT2D eigenvalue weighted by Crippen LogP contribution is 2.24. The molecule has 0 aliphatic carbocycles. The third-order valence-corrected chi connectivity index (χ3v) is 4.18. The third-order valence-electron chi connectivity index (χ3n) is 4.18. The molecule has 0 amide bonds. The van der Waals surface area contributed by atoms with Crippen molar-refractivity contribution in [3.05, 3.63) is 42.1 Å². The first-order valence-corrected chi connectivity index (χ1v) is 8.11. The van der Waals surface area contributed by atoms with Gasteiger partial charge in [-0.2, -0.15) is 15.1 Å². The van der Waals surface area contributed by atoms with E-state index in [1.165, 1.54) is 5.56 Å².